The largest absolute Gasteiger partial charge is 0.465 e. The van der Waals surface area contributed by atoms with Gasteiger partial charge in [-0.05, 0) is 73.3 Å². The number of nitrogens with one attached hydrogen (secondary N) is 2. The number of anilines is 1. The van der Waals surface area contributed by atoms with E-state index >= 15 is 0 Å². The maximum Gasteiger partial charge on any atom is 0.407 e. The number of esters is 1. The normalized spacial score (nSPS) is 10.9. The fourth-order valence-corrected chi connectivity index (χ4v) is 4.69. The number of benzene rings is 2. The van der Waals surface area contributed by atoms with Crippen molar-refractivity contribution in [3.8, 4) is 11.3 Å². The third kappa shape index (κ3) is 10.4. The van der Waals surface area contributed by atoms with Gasteiger partial charge >= 0.3 is 12.1 Å². The van der Waals surface area contributed by atoms with E-state index in [4.69, 9.17) is 14.5 Å². The van der Waals surface area contributed by atoms with Crippen LogP contribution in [-0.2, 0) is 22.9 Å². The van der Waals surface area contributed by atoms with Crippen LogP contribution in [-0.4, -0.2) is 59.1 Å². The Hall–Kier alpha value is -4.84. The van der Waals surface area contributed by atoms with Crippen molar-refractivity contribution in [2.75, 3.05) is 26.0 Å². The van der Waals surface area contributed by atoms with Crippen LogP contribution >= 0.6 is 15.9 Å². The number of rotatable bonds is 9. The summed E-state index contributed by atoms with van der Waals surface area (Å²) in [6, 6.07) is 19.0. The average Bonchev–Trinajstić information content (AvgIpc) is 3.04. The smallest absolute Gasteiger partial charge is 0.407 e. The molecule has 2 heterocycles. The minimum absolute atomic E-state index is 0.152. The number of aromatic nitrogens is 3. The molecule has 12 heteroatoms. The summed E-state index contributed by atoms with van der Waals surface area (Å²) in [5.41, 5.74) is 2.65. The van der Waals surface area contributed by atoms with Crippen molar-refractivity contribution in [2.24, 2.45) is 12.0 Å². The van der Waals surface area contributed by atoms with Gasteiger partial charge in [-0.3, -0.25) is 14.3 Å². The number of methoxy groups -OCH3 is 1. The van der Waals surface area contributed by atoms with Gasteiger partial charge in [-0.25, -0.2) is 19.6 Å². The number of halogens is 1. The maximum absolute atomic E-state index is 13.5. The zero-order valence-electron chi connectivity index (χ0n) is 26.8. The van der Waals surface area contributed by atoms with Gasteiger partial charge in [0.05, 0.1) is 12.7 Å². The number of nitrogens with zero attached hydrogens (tertiary/aromatic N) is 4. The lowest BCUT2D eigenvalue weighted by atomic mass is 10.1. The lowest BCUT2D eigenvalue weighted by molar-refractivity contribution is 0.0540. The van der Waals surface area contributed by atoms with E-state index in [1.807, 2.05) is 39.0 Å². The Kier molecular flexibility index (Phi) is 13.2. The average molecular weight is 692 g/mol. The second-order valence-corrected chi connectivity index (χ2v) is 11.8. The lowest BCUT2D eigenvalue weighted by Crippen LogP contribution is -2.30. The van der Waals surface area contributed by atoms with Crippen molar-refractivity contribution in [1.29, 1.82) is 0 Å². The summed E-state index contributed by atoms with van der Waals surface area (Å²) in [5, 5.41) is 5.65. The van der Waals surface area contributed by atoms with Gasteiger partial charge in [0.15, 0.2) is 5.69 Å². The van der Waals surface area contributed by atoms with Gasteiger partial charge in [-0.15, -0.1) is 0 Å². The van der Waals surface area contributed by atoms with Crippen LogP contribution in [0.2, 0.25) is 0 Å². The molecule has 2 aromatic heterocycles. The lowest BCUT2D eigenvalue weighted by Gasteiger charge is -2.18. The monoisotopic (exact) mass is 690 g/mol. The number of hydrogen-bond acceptors (Lipinski definition) is 9. The first kappa shape index (κ1) is 35.6. The standard InChI is InChI=1S/C28H26BrN5O3.C6H13NO2/c1-34-26(35)25(32-18-21-11-6-12-22(29)23(21)27(36)37-2)24(20-13-16-30-17-14-20)33-28(34)31-15-7-10-19-8-4-3-5-9-19;1-6(2,3)9-5(8)7-4/h3-6,8-9,11-14,16-18H,7,10,15H2,1-2H3,(H,31,33);1-4H3,(H,7,8). The summed E-state index contributed by atoms with van der Waals surface area (Å²) < 4.78 is 11.8. The van der Waals surface area contributed by atoms with E-state index in [2.05, 4.69) is 48.7 Å². The quantitative estimate of drug-likeness (QED) is 0.118. The van der Waals surface area contributed by atoms with Crippen LogP contribution in [0.5, 0.6) is 0 Å². The molecule has 0 saturated carbocycles. The molecule has 2 N–H and O–H groups in total. The van der Waals surface area contributed by atoms with Crippen LogP contribution in [0.25, 0.3) is 11.3 Å². The van der Waals surface area contributed by atoms with Crippen molar-refractivity contribution in [1.82, 2.24) is 19.9 Å². The molecule has 0 fully saturated rings. The summed E-state index contributed by atoms with van der Waals surface area (Å²) in [4.78, 5) is 49.6. The maximum atomic E-state index is 13.5. The number of amides is 1. The predicted octanol–water partition coefficient (Wildman–Crippen LogP) is 6.33. The number of ether oxygens (including phenoxy) is 2. The summed E-state index contributed by atoms with van der Waals surface area (Å²) >= 11 is 3.39. The van der Waals surface area contributed by atoms with Crippen molar-refractivity contribution >= 4 is 45.8 Å². The fraction of sp³-hybridized carbons (Fsp3) is 0.294. The topological polar surface area (TPSA) is 137 Å². The second kappa shape index (κ2) is 17.0. The van der Waals surface area contributed by atoms with Gasteiger partial charge in [0.1, 0.15) is 11.3 Å². The Morgan fingerprint density at radius 2 is 1.74 bits per heavy atom. The number of aliphatic imine (C=N–C) groups is 1. The van der Waals surface area contributed by atoms with Crippen molar-refractivity contribution in [3.63, 3.8) is 0 Å². The van der Waals surface area contributed by atoms with E-state index < -0.39 is 5.97 Å². The Morgan fingerprint density at radius 3 is 2.35 bits per heavy atom. The number of carbonyl (C=O) groups excluding carboxylic acids is 2. The Morgan fingerprint density at radius 1 is 1.04 bits per heavy atom. The zero-order chi connectivity index (χ0) is 33.7. The molecule has 1 amide bonds. The first-order chi connectivity index (χ1) is 21.9. The Balaban J connectivity index is 0.000000559. The SMILES string of the molecule is CNC(=O)OC(C)(C)C.COC(=O)c1c(Br)cccc1C=Nc1c(-c2ccncc2)nc(NCCCc2ccccc2)n(C)c1=O. The van der Waals surface area contributed by atoms with Crippen LogP contribution in [0.3, 0.4) is 0 Å². The Bertz CT molecular complexity index is 1700. The van der Waals surface area contributed by atoms with Gasteiger partial charge in [0.2, 0.25) is 5.95 Å². The highest BCUT2D eigenvalue weighted by Crippen LogP contribution is 2.27. The van der Waals surface area contributed by atoms with Gasteiger partial charge in [0, 0.05) is 54.8 Å². The highest BCUT2D eigenvalue weighted by Gasteiger charge is 2.18. The summed E-state index contributed by atoms with van der Waals surface area (Å²) in [6.45, 7) is 6.11. The molecule has 0 atom stereocenters. The second-order valence-electron chi connectivity index (χ2n) is 11.0. The zero-order valence-corrected chi connectivity index (χ0v) is 28.4. The van der Waals surface area contributed by atoms with Crippen molar-refractivity contribution in [3.05, 3.63) is 105 Å². The molecule has 0 radical (unpaired) electrons. The van der Waals surface area contributed by atoms with Crippen LogP contribution in [0.1, 0.15) is 48.7 Å². The molecule has 11 nitrogen and oxygen atoms in total. The first-order valence-corrected chi connectivity index (χ1v) is 15.3. The van der Waals surface area contributed by atoms with Gasteiger partial charge in [0.25, 0.3) is 5.56 Å². The molecule has 0 spiro atoms. The molecular formula is C34H39BrN6O5. The third-order valence-corrected chi connectivity index (χ3v) is 7.02. The number of carbonyl (C=O) groups is 2. The molecule has 0 bridgehead atoms. The molecule has 0 aliphatic rings. The molecule has 0 unspecified atom stereocenters. The summed E-state index contributed by atoms with van der Waals surface area (Å²) in [6.07, 6.45) is 6.16. The van der Waals surface area contributed by atoms with Crippen molar-refractivity contribution in [2.45, 2.75) is 39.2 Å². The molecule has 4 aromatic rings. The molecular weight excluding hydrogens is 652 g/mol. The minimum atomic E-state index is -0.510. The first-order valence-electron chi connectivity index (χ1n) is 14.6. The molecule has 0 saturated heterocycles. The number of aryl methyl sites for hydroxylation is 1. The Labute approximate surface area is 277 Å². The van der Waals surface area contributed by atoms with E-state index in [1.54, 1.807) is 49.8 Å². The minimum Gasteiger partial charge on any atom is -0.465 e. The highest BCUT2D eigenvalue weighted by atomic mass is 79.9. The van der Waals surface area contributed by atoms with Crippen LogP contribution in [0, 0.1) is 0 Å². The van der Waals surface area contributed by atoms with E-state index in [0.29, 0.717) is 39.4 Å². The van der Waals surface area contributed by atoms with E-state index in [-0.39, 0.29) is 22.9 Å². The molecule has 242 valence electrons. The predicted molar refractivity (Wildman–Crippen MR) is 184 cm³/mol. The third-order valence-electron chi connectivity index (χ3n) is 6.36. The molecule has 0 aliphatic heterocycles. The number of alkyl carbamates (subject to hydrolysis) is 1. The molecule has 0 aliphatic carbocycles. The molecule has 4 rings (SSSR count). The fourth-order valence-electron chi connectivity index (χ4n) is 4.14. The van der Waals surface area contributed by atoms with Gasteiger partial charge < -0.3 is 20.1 Å². The summed E-state index contributed by atoms with van der Waals surface area (Å²) in [7, 11) is 4.51. The number of hydrogen-bond donors (Lipinski definition) is 2. The van der Waals surface area contributed by atoms with Crippen LogP contribution in [0.15, 0.2) is 87.3 Å². The van der Waals surface area contributed by atoms with Crippen LogP contribution in [0.4, 0.5) is 16.4 Å². The van der Waals surface area contributed by atoms with E-state index in [0.717, 1.165) is 12.8 Å². The van der Waals surface area contributed by atoms with Crippen LogP contribution < -0.4 is 16.2 Å². The highest BCUT2D eigenvalue weighted by molar-refractivity contribution is 9.10. The van der Waals surface area contributed by atoms with Gasteiger partial charge in [-0.2, -0.15) is 0 Å². The van der Waals surface area contributed by atoms with E-state index in [1.165, 1.54) is 30.5 Å². The molecule has 2 aromatic carbocycles. The van der Waals surface area contributed by atoms with Crippen molar-refractivity contribution < 1.29 is 19.1 Å². The number of pyridine rings is 1. The van der Waals surface area contributed by atoms with E-state index in [9.17, 15) is 14.4 Å². The van der Waals surface area contributed by atoms with Gasteiger partial charge in [-0.1, -0.05) is 42.5 Å². The summed E-state index contributed by atoms with van der Waals surface area (Å²) in [5.74, 6) is -0.0640. The molecule has 46 heavy (non-hydrogen) atoms.